The molecule has 1 amide bonds. The third kappa shape index (κ3) is 2.62. The highest BCUT2D eigenvalue weighted by Gasteiger charge is 2.28. The van der Waals surface area contributed by atoms with Crippen molar-refractivity contribution in [3.63, 3.8) is 0 Å². The molecule has 0 unspecified atom stereocenters. The average molecular weight is 397 g/mol. The molecule has 108 valence electrons. The molecule has 0 aliphatic carbocycles. The summed E-state index contributed by atoms with van der Waals surface area (Å²) < 4.78 is 20.3. The minimum Gasteiger partial charge on any atom is -0.494 e. The Kier molecular flexibility index (Phi) is 3.84. The number of benzene rings is 2. The summed E-state index contributed by atoms with van der Waals surface area (Å²) in [5, 5.41) is 0. The number of anilines is 1. The largest absolute Gasteiger partial charge is 0.494 e. The number of hydrogen-bond donors (Lipinski definition) is 0. The molecule has 1 aliphatic heterocycles. The van der Waals surface area contributed by atoms with E-state index in [0.717, 1.165) is 14.8 Å². The van der Waals surface area contributed by atoms with Crippen molar-refractivity contribution >= 4 is 34.2 Å². The first-order valence-electron chi connectivity index (χ1n) is 6.50. The van der Waals surface area contributed by atoms with E-state index >= 15 is 0 Å². The molecule has 0 aromatic heterocycles. The Morgan fingerprint density at radius 2 is 2.14 bits per heavy atom. The van der Waals surface area contributed by atoms with Crippen molar-refractivity contribution < 1.29 is 13.9 Å². The second-order valence-electron chi connectivity index (χ2n) is 4.86. The second kappa shape index (κ2) is 5.63. The monoisotopic (exact) mass is 397 g/mol. The molecule has 0 spiro atoms. The van der Waals surface area contributed by atoms with Crippen LogP contribution in [0, 0.1) is 9.39 Å². The molecule has 0 fully saturated rings. The number of hydrogen-bond acceptors (Lipinski definition) is 2. The third-order valence-electron chi connectivity index (χ3n) is 3.57. The highest BCUT2D eigenvalue weighted by atomic mass is 127. The summed E-state index contributed by atoms with van der Waals surface area (Å²) in [4.78, 5) is 13.8. The number of fused-ring (bicyclic) bond motifs is 1. The Balaban J connectivity index is 1.95. The highest BCUT2D eigenvalue weighted by molar-refractivity contribution is 14.1. The van der Waals surface area contributed by atoms with Crippen LogP contribution >= 0.6 is 22.6 Å². The van der Waals surface area contributed by atoms with Gasteiger partial charge in [0, 0.05) is 14.8 Å². The van der Waals surface area contributed by atoms with Gasteiger partial charge in [-0.1, -0.05) is 12.1 Å². The molecule has 1 aliphatic rings. The lowest BCUT2D eigenvalue weighted by molar-refractivity contribution is -0.117. The van der Waals surface area contributed by atoms with Crippen LogP contribution in [0.3, 0.4) is 0 Å². The van der Waals surface area contributed by atoms with E-state index in [0.29, 0.717) is 12.0 Å². The van der Waals surface area contributed by atoms with Gasteiger partial charge in [-0.15, -0.1) is 0 Å². The Morgan fingerprint density at radius 3 is 2.90 bits per heavy atom. The minimum atomic E-state index is -0.410. The van der Waals surface area contributed by atoms with Gasteiger partial charge in [-0.25, -0.2) is 4.39 Å². The van der Waals surface area contributed by atoms with Crippen LogP contribution < -0.4 is 9.64 Å². The summed E-state index contributed by atoms with van der Waals surface area (Å²) in [6.07, 6.45) is 0.373. The predicted octanol–water partition coefficient (Wildman–Crippen LogP) is 3.53. The van der Waals surface area contributed by atoms with Crippen LogP contribution in [0.25, 0.3) is 0 Å². The van der Waals surface area contributed by atoms with Crippen molar-refractivity contribution in [1.82, 2.24) is 0 Å². The summed E-state index contributed by atoms with van der Waals surface area (Å²) in [7, 11) is 1.43. The molecule has 5 heteroatoms. The lowest BCUT2D eigenvalue weighted by Crippen LogP contribution is -2.26. The van der Waals surface area contributed by atoms with Crippen LogP contribution in [0.5, 0.6) is 5.75 Å². The smallest absolute Gasteiger partial charge is 0.231 e. The minimum absolute atomic E-state index is 0.00535. The summed E-state index contributed by atoms with van der Waals surface area (Å²) in [6.45, 7) is 0.218. The number of nitrogens with zero attached hydrogens (tertiary/aromatic N) is 1. The van der Waals surface area contributed by atoms with E-state index in [1.807, 2.05) is 18.2 Å². The van der Waals surface area contributed by atoms with Crippen molar-refractivity contribution in [1.29, 1.82) is 0 Å². The SMILES string of the molecule is COc1cccc(CN2C(=O)Cc3cc(I)ccc32)c1F. The zero-order valence-corrected chi connectivity index (χ0v) is 13.6. The van der Waals surface area contributed by atoms with E-state index in [-0.39, 0.29) is 18.2 Å². The fourth-order valence-electron chi connectivity index (χ4n) is 2.53. The Hall–Kier alpha value is -1.63. The first-order valence-corrected chi connectivity index (χ1v) is 7.58. The molecule has 1 heterocycles. The third-order valence-corrected chi connectivity index (χ3v) is 4.24. The molecule has 0 N–H and O–H groups in total. The maximum atomic E-state index is 14.2. The molecule has 0 saturated carbocycles. The average Bonchev–Trinajstić information content (AvgIpc) is 2.76. The summed E-state index contributed by atoms with van der Waals surface area (Å²) in [5.41, 5.74) is 2.31. The molecule has 0 radical (unpaired) electrons. The van der Waals surface area contributed by atoms with Gasteiger partial charge in [0.1, 0.15) is 0 Å². The zero-order chi connectivity index (χ0) is 15.0. The number of amides is 1. The molecule has 0 atom stereocenters. The predicted molar refractivity (Wildman–Crippen MR) is 87.0 cm³/mol. The topological polar surface area (TPSA) is 29.5 Å². The van der Waals surface area contributed by atoms with E-state index < -0.39 is 5.82 Å². The zero-order valence-electron chi connectivity index (χ0n) is 11.4. The maximum Gasteiger partial charge on any atom is 0.231 e. The van der Waals surface area contributed by atoms with Crippen molar-refractivity contribution in [2.24, 2.45) is 0 Å². The Morgan fingerprint density at radius 1 is 1.33 bits per heavy atom. The quantitative estimate of drug-likeness (QED) is 0.742. The molecule has 3 rings (SSSR count). The highest BCUT2D eigenvalue weighted by Crippen LogP contribution is 2.32. The number of halogens is 2. The summed E-state index contributed by atoms with van der Waals surface area (Å²) in [6, 6.07) is 10.8. The van der Waals surface area contributed by atoms with Gasteiger partial charge in [0.15, 0.2) is 11.6 Å². The van der Waals surface area contributed by atoms with Crippen molar-refractivity contribution in [2.45, 2.75) is 13.0 Å². The van der Waals surface area contributed by atoms with Crippen molar-refractivity contribution in [2.75, 3.05) is 12.0 Å². The van der Waals surface area contributed by atoms with Gasteiger partial charge in [-0.3, -0.25) is 4.79 Å². The van der Waals surface area contributed by atoms with Crippen LogP contribution in [0.4, 0.5) is 10.1 Å². The van der Waals surface area contributed by atoms with Crippen LogP contribution in [-0.2, 0) is 17.8 Å². The van der Waals surface area contributed by atoms with Gasteiger partial charge in [-0.2, -0.15) is 0 Å². The summed E-state index contributed by atoms with van der Waals surface area (Å²) >= 11 is 2.22. The molecule has 0 bridgehead atoms. The van der Waals surface area contributed by atoms with E-state index in [2.05, 4.69) is 22.6 Å². The standard InChI is InChI=1S/C16H13FINO2/c1-21-14-4-2-3-10(16(14)17)9-19-13-6-5-12(18)7-11(13)8-15(19)20/h2-7H,8-9H2,1H3. The first-order chi connectivity index (χ1) is 10.1. The fourth-order valence-corrected chi connectivity index (χ4v) is 3.09. The van der Waals surface area contributed by atoms with Crippen molar-refractivity contribution in [3.05, 3.63) is 56.9 Å². The molecular formula is C16H13FINO2. The fraction of sp³-hybridized carbons (Fsp3) is 0.188. The van der Waals surface area contributed by atoms with E-state index in [9.17, 15) is 9.18 Å². The molecule has 21 heavy (non-hydrogen) atoms. The summed E-state index contributed by atoms with van der Waals surface area (Å²) in [5.74, 6) is -0.219. The van der Waals surface area contributed by atoms with Crippen LogP contribution in [0.2, 0.25) is 0 Å². The second-order valence-corrected chi connectivity index (χ2v) is 6.11. The lowest BCUT2D eigenvalue weighted by atomic mass is 10.1. The van der Waals surface area contributed by atoms with E-state index in [1.165, 1.54) is 7.11 Å². The van der Waals surface area contributed by atoms with Crippen LogP contribution in [-0.4, -0.2) is 13.0 Å². The van der Waals surface area contributed by atoms with Gasteiger partial charge in [0.25, 0.3) is 0 Å². The Labute approximate surface area is 135 Å². The van der Waals surface area contributed by atoms with Gasteiger partial charge in [0.05, 0.1) is 20.1 Å². The molecule has 2 aromatic carbocycles. The number of carbonyl (C=O) groups excluding carboxylic acids is 1. The van der Waals surface area contributed by atoms with Gasteiger partial charge < -0.3 is 9.64 Å². The maximum absolute atomic E-state index is 14.2. The molecule has 3 nitrogen and oxygen atoms in total. The number of carbonyl (C=O) groups is 1. The lowest BCUT2D eigenvalue weighted by Gasteiger charge is -2.18. The number of ether oxygens (including phenoxy) is 1. The van der Waals surface area contributed by atoms with Gasteiger partial charge in [-0.05, 0) is 52.4 Å². The normalized spacial score (nSPS) is 13.5. The van der Waals surface area contributed by atoms with Gasteiger partial charge in [0.2, 0.25) is 5.91 Å². The first kappa shape index (κ1) is 14.3. The number of methoxy groups -OCH3 is 1. The van der Waals surface area contributed by atoms with Crippen LogP contribution in [0.1, 0.15) is 11.1 Å². The van der Waals surface area contributed by atoms with E-state index in [4.69, 9.17) is 4.74 Å². The molecule has 0 saturated heterocycles. The molecular weight excluding hydrogens is 384 g/mol. The van der Waals surface area contributed by atoms with Gasteiger partial charge >= 0.3 is 0 Å². The van der Waals surface area contributed by atoms with Crippen molar-refractivity contribution in [3.8, 4) is 5.75 Å². The van der Waals surface area contributed by atoms with Crippen LogP contribution in [0.15, 0.2) is 36.4 Å². The number of rotatable bonds is 3. The Bertz CT molecular complexity index is 717. The molecule has 2 aromatic rings. The van der Waals surface area contributed by atoms with E-state index in [1.54, 1.807) is 23.1 Å².